The highest BCUT2D eigenvalue weighted by atomic mass is 32.1. The van der Waals surface area contributed by atoms with Gasteiger partial charge in [-0.05, 0) is 37.1 Å². The average molecular weight is 442 g/mol. The number of amides is 2. The normalized spacial score (nSPS) is 14.4. The van der Waals surface area contributed by atoms with Crippen LogP contribution in [-0.2, 0) is 16.0 Å². The van der Waals surface area contributed by atoms with Crippen molar-refractivity contribution in [3.63, 3.8) is 0 Å². The molecule has 1 aliphatic rings. The first-order chi connectivity index (χ1) is 15.1. The highest BCUT2D eigenvalue weighted by molar-refractivity contribution is 7.13. The molecule has 3 heterocycles. The third-order valence-electron chi connectivity index (χ3n) is 5.29. The maximum absolute atomic E-state index is 12.6. The van der Waals surface area contributed by atoms with Crippen molar-refractivity contribution in [2.75, 3.05) is 25.5 Å². The molecule has 0 radical (unpaired) electrons. The Morgan fingerprint density at radius 2 is 2.03 bits per heavy atom. The van der Waals surface area contributed by atoms with Gasteiger partial charge in [0.15, 0.2) is 11.7 Å². The first kappa shape index (κ1) is 21.0. The van der Waals surface area contributed by atoms with Crippen LogP contribution >= 0.6 is 11.3 Å². The van der Waals surface area contributed by atoms with Gasteiger partial charge in [0, 0.05) is 37.4 Å². The van der Waals surface area contributed by atoms with E-state index in [1.807, 2.05) is 29.2 Å². The predicted octanol–water partition coefficient (Wildman–Crippen LogP) is 3.01. The Morgan fingerprint density at radius 3 is 2.71 bits per heavy atom. The number of benzene rings is 1. The van der Waals surface area contributed by atoms with E-state index in [9.17, 15) is 9.59 Å². The van der Waals surface area contributed by atoms with E-state index in [0.29, 0.717) is 55.6 Å². The minimum Gasteiger partial charge on any atom is -0.497 e. The zero-order valence-corrected chi connectivity index (χ0v) is 17.9. The van der Waals surface area contributed by atoms with Crippen molar-refractivity contribution < 1.29 is 18.7 Å². The second-order valence-corrected chi connectivity index (χ2v) is 8.07. The van der Waals surface area contributed by atoms with Gasteiger partial charge in [-0.2, -0.15) is 0 Å². The van der Waals surface area contributed by atoms with Crippen molar-refractivity contribution in [3.8, 4) is 17.1 Å². The second-order valence-electron chi connectivity index (χ2n) is 7.23. The van der Waals surface area contributed by atoms with Crippen LogP contribution in [0, 0.1) is 5.92 Å². The molecular weight excluding hydrogens is 418 g/mol. The number of oxazole rings is 1. The molecule has 4 rings (SSSR count). The Labute approximate surface area is 183 Å². The number of likely N-dealkylation sites (tertiary alicyclic amines) is 1. The Hall–Kier alpha value is -3.27. The molecule has 1 aromatic carbocycles. The van der Waals surface area contributed by atoms with Crippen molar-refractivity contribution in [2.24, 2.45) is 5.92 Å². The monoisotopic (exact) mass is 441 g/mol. The number of carbonyl (C=O) groups is 2. The van der Waals surface area contributed by atoms with E-state index in [1.165, 1.54) is 11.3 Å². The molecule has 162 valence electrons. The van der Waals surface area contributed by atoms with Crippen molar-refractivity contribution in [1.29, 1.82) is 0 Å². The summed E-state index contributed by atoms with van der Waals surface area (Å²) in [6, 6.07) is 7.52. The number of methoxy groups -OCH3 is 1. The van der Waals surface area contributed by atoms with Crippen LogP contribution < -0.4 is 10.1 Å². The van der Waals surface area contributed by atoms with Crippen molar-refractivity contribution in [2.45, 2.75) is 25.7 Å². The van der Waals surface area contributed by atoms with E-state index in [1.54, 1.807) is 18.8 Å². The van der Waals surface area contributed by atoms with Gasteiger partial charge in [0.25, 0.3) is 0 Å². The lowest BCUT2D eigenvalue weighted by Gasteiger charge is -2.31. The van der Waals surface area contributed by atoms with E-state index in [2.05, 4.69) is 20.5 Å². The van der Waals surface area contributed by atoms with Gasteiger partial charge in [-0.1, -0.05) is 11.3 Å². The highest BCUT2D eigenvalue weighted by Gasteiger charge is 2.27. The van der Waals surface area contributed by atoms with Crippen LogP contribution in [0.3, 0.4) is 0 Å². The molecule has 1 saturated heterocycles. The first-order valence-corrected chi connectivity index (χ1v) is 10.9. The molecule has 2 amide bonds. The molecule has 0 spiro atoms. The van der Waals surface area contributed by atoms with Gasteiger partial charge in [-0.15, -0.1) is 10.2 Å². The van der Waals surface area contributed by atoms with Crippen LogP contribution in [0.5, 0.6) is 5.75 Å². The molecule has 3 aromatic rings. The van der Waals surface area contributed by atoms with Crippen LogP contribution in [-0.4, -0.2) is 52.1 Å². The third kappa shape index (κ3) is 5.26. The maximum atomic E-state index is 12.6. The van der Waals surface area contributed by atoms with Crippen LogP contribution in [0.25, 0.3) is 11.3 Å². The van der Waals surface area contributed by atoms with Gasteiger partial charge < -0.3 is 19.4 Å². The number of ether oxygens (including phenoxy) is 1. The fourth-order valence-corrected chi connectivity index (χ4v) is 3.96. The van der Waals surface area contributed by atoms with E-state index in [0.717, 1.165) is 11.3 Å². The molecule has 1 aliphatic heterocycles. The number of hydrogen-bond donors (Lipinski definition) is 1. The van der Waals surface area contributed by atoms with Crippen molar-refractivity contribution in [3.05, 3.63) is 41.9 Å². The molecule has 0 bridgehead atoms. The summed E-state index contributed by atoms with van der Waals surface area (Å²) in [5.74, 6) is 1.84. The lowest BCUT2D eigenvalue weighted by atomic mass is 9.95. The number of anilines is 1. The molecule has 0 atom stereocenters. The zero-order chi connectivity index (χ0) is 21.6. The number of piperidine rings is 1. The molecule has 0 unspecified atom stereocenters. The number of carbonyl (C=O) groups excluding carboxylic acids is 2. The van der Waals surface area contributed by atoms with Gasteiger partial charge in [0.05, 0.1) is 13.3 Å². The SMILES string of the molecule is COc1ccc(-c2cnc(CCC(=O)N3CCC(C(=O)Nc4nncs4)CC3)o2)cc1. The van der Waals surface area contributed by atoms with E-state index >= 15 is 0 Å². The standard InChI is InChI=1S/C21H23N5O4S/c1-29-16-4-2-14(3-5-16)17-12-22-18(30-17)6-7-19(27)26-10-8-15(9-11-26)20(28)24-21-25-23-13-31-21/h2-5,12-13,15H,6-11H2,1H3,(H,24,25,28). The van der Waals surface area contributed by atoms with Gasteiger partial charge in [-0.3, -0.25) is 9.59 Å². The van der Waals surface area contributed by atoms with Crippen LogP contribution in [0.4, 0.5) is 5.13 Å². The molecule has 10 heteroatoms. The van der Waals surface area contributed by atoms with Crippen LogP contribution in [0.15, 0.2) is 40.4 Å². The summed E-state index contributed by atoms with van der Waals surface area (Å²) < 4.78 is 11.0. The summed E-state index contributed by atoms with van der Waals surface area (Å²) in [5, 5.41) is 10.8. The Kier molecular flexibility index (Phi) is 6.56. The first-order valence-electron chi connectivity index (χ1n) is 10.1. The number of rotatable bonds is 7. The number of hydrogen-bond acceptors (Lipinski definition) is 8. The minimum absolute atomic E-state index is 0.0483. The Morgan fingerprint density at radius 1 is 1.26 bits per heavy atom. The van der Waals surface area contributed by atoms with E-state index < -0.39 is 0 Å². The van der Waals surface area contributed by atoms with Crippen molar-refractivity contribution >= 4 is 28.3 Å². The van der Waals surface area contributed by atoms with Crippen molar-refractivity contribution in [1.82, 2.24) is 20.1 Å². The molecule has 0 saturated carbocycles. The van der Waals surface area contributed by atoms with E-state index in [-0.39, 0.29) is 17.7 Å². The zero-order valence-electron chi connectivity index (χ0n) is 17.1. The summed E-state index contributed by atoms with van der Waals surface area (Å²) in [4.78, 5) is 31.0. The number of nitrogens with zero attached hydrogens (tertiary/aromatic N) is 4. The minimum atomic E-state index is -0.119. The summed E-state index contributed by atoms with van der Waals surface area (Å²) >= 11 is 1.29. The molecule has 1 N–H and O–H groups in total. The highest BCUT2D eigenvalue weighted by Crippen LogP contribution is 2.24. The summed E-state index contributed by atoms with van der Waals surface area (Å²) in [7, 11) is 1.62. The average Bonchev–Trinajstić information content (AvgIpc) is 3.50. The quantitative estimate of drug-likeness (QED) is 0.600. The molecular formula is C21H23N5O4S. The summed E-state index contributed by atoms with van der Waals surface area (Å²) in [6.07, 6.45) is 3.70. The lowest BCUT2D eigenvalue weighted by molar-refractivity contribution is -0.134. The van der Waals surface area contributed by atoms with Gasteiger partial charge in [-0.25, -0.2) is 4.98 Å². The Balaban J connectivity index is 1.23. The molecule has 31 heavy (non-hydrogen) atoms. The summed E-state index contributed by atoms with van der Waals surface area (Å²) in [5.41, 5.74) is 2.48. The largest absolute Gasteiger partial charge is 0.497 e. The predicted molar refractivity (Wildman–Crippen MR) is 115 cm³/mol. The number of aromatic nitrogens is 3. The van der Waals surface area contributed by atoms with Gasteiger partial charge in [0.2, 0.25) is 16.9 Å². The Bertz CT molecular complexity index is 1010. The maximum Gasteiger partial charge on any atom is 0.229 e. The second kappa shape index (κ2) is 9.69. The molecule has 0 aliphatic carbocycles. The van der Waals surface area contributed by atoms with Gasteiger partial charge in [0.1, 0.15) is 11.3 Å². The molecule has 2 aromatic heterocycles. The fourth-order valence-electron chi connectivity index (χ4n) is 3.51. The smallest absolute Gasteiger partial charge is 0.229 e. The molecule has 9 nitrogen and oxygen atoms in total. The third-order valence-corrected chi connectivity index (χ3v) is 5.90. The summed E-state index contributed by atoms with van der Waals surface area (Å²) in [6.45, 7) is 1.13. The lowest BCUT2D eigenvalue weighted by Crippen LogP contribution is -2.41. The van der Waals surface area contributed by atoms with Crippen LogP contribution in [0.1, 0.15) is 25.2 Å². The number of aryl methyl sites for hydroxylation is 1. The van der Waals surface area contributed by atoms with Gasteiger partial charge >= 0.3 is 0 Å². The topological polar surface area (TPSA) is 110 Å². The van der Waals surface area contributed by atoms with E-state index in [4.69, 9.17) is 9.15 Å². The fraction of sp³-hybridized carbons (Fsp3) is 0.381. The number of nitrogens with one attached hydrogen (secondary N) is 1. The van der Waals surface area contributed by atoms with Crippen LogP contribution in [0.2, 0.25) is 0 Å². The molecule has 1 fully saturated rings.